The van der Waals surface area contributed by atoms with Gasteiger partial charge in [0.15, 0.2) is 5.60 Å². The van der Waals surface area contributed by atoms with E-state index in [-0.39, 0.29) is 153 Å². The molecule has 0 spiro atoms. The summed E-state index contributed by atoms with van der Waals surface area (Å²) in [5.74, 6) is -5.92. The van der Waals surface area contributed by atoms with Crippen LogP contribution in [0.25, 0.3) is 22.3 Å². The van der Waals surface area contributed by atoms with E-state index in [1.54, 1.807) is 37.3 Å². The van der Waals surface area contributed by atoms with Gasteiger partial charge in [0.05, 0.1) is 107 Å². The van der Waals surface area contributed by atoms with Crippen LogP contribution >= 0.6 is 0 Å². The van der Waals surface area contributed by atoms with Crippen molar-refractivity contribution in [2.75, 3.05) is 71.1 Å². The Morgan fingerprint density at radius 2 is 1.53 bits per heavy atom. The number of nitrogens with zero attached hydrogens (tertiary/aromatic N) is 3. The van der Waals surface area contributed by atoms with Crippen LogP contribution in [0.2, 0.25) is 0 Å². The average molecular weight is 1060 g/mol. The average Bonchev–Trinajstić information content (AvgIpc) is 3.94. The summed E-state index contributed by atoms with van der Waals surface area (Å²) < 4.78 is 38.5. The second kappa shape index (κ2) is 25.3. The highest BCUT2D eigenvalue weighted by atomic mass is 19.1. The van der Waals surface area contributed by atoms with Crippen LogP contribution in [0.15, 0.2) is 53.3 Å². The standard InChI is InChI=1S/C52H61FN8O15/c1-4-52(72)36-21-41-47-33(26-61(41)50(70)35(36)28-76-51(52)71)34(27-62)32-19-39(37(53)22-38(32)59-47)57-45(66)25-56-48(68)40(18-30-8-6-5-7-9-30)58-44(65)24-55-43(64)23-54-42(63)10-12-73-14-16-75-17-15-74-13-11-60-46(67)20-31(29(2)3)49(60)69/h5-9,19,21-22,29,31,40,62,72H,4,10-18,20,23-28H2,1-3H3,(H,54,63)(H,55,64)(H,56,68)(H,57,66)(H,58,65)/t31?,40-,52-/m0/s1. The third kappa shape index (κ3) is 13.1. The molecule has 24 heteroatoms. The lowest BCUT2D eigenvalue weighted by atomic mass is 9.86. The number of carbonyl (C=O) groups excluding carboxylic acids is 8. The number of amides is 7. The summed E-state index contributed by atoms with van der Waals surface area (Å²) in [6.45, 7) is 4.13. The van der Waals surface area contributed by atoms with Crippen molar-refractivity contribution in [3.8, 4) is 11.4 Å². The smallest absolute Gasteiger partial charge is 0.343 e. The van der Waals surface area contributed by atoms with Crippen molar-refractivity contribution in [2.45, 2.75) is 77.9 Å². The van der Waals surface area contributed by atoms with Gasteiger partial charge in [0.2, 0.25) is 41.4 Å². The third-order valence-electron chi connectivity index (χ3n) is 13.3. The van der Waals surface area contributed by atoms with Gasteiger partial charge in [0, 0.05) is 47.8 Å². The number of fused-ring (bicyclic) bond motifs is 5. The first-order valence-electron chi connectivity index (χ1n) is 24.9. The summed E-state index contributed by atoms with van der Waals surface area (Å²) in [6, 6.07) is 11.2. The molecule has 1 fully saturated rings. The highest BCUT2D eigenvalue weighted by Gasteiger charge is 2.46. The van der Waals surface area contributed by atoms with Crippen LogP contribution in [0.1, 0.15) is 67.9 Å². The molecule has 23 nitrogen and oxygen atoms in total. The third-order valence-corrected chi connectivity index (χ3v) is 13.3. The number of benzene rings is 2. The number of rotatable bonds is 26. The minimum absolute atomic E-state index is 0.0106. The Bertz CT molecular complexity index is 2950. The van der Waals surface area contributed by atoms with Gasteiger partial charge in [-0.1, -0.05) is 51.1 Å². The molecule has 0 bridgehead atoms. The molecule has 5 heterocycles. The number of ether oxygens (including phenoxy) is 4. The molecule has 2 aromatic heterocycles. The van der Waals surface area contributed by atoms with Gasteiger partial charge >= 0.3 is 5.97 Å². The van der Waals surface area contributed by atoms with Crippen molar-refractivity contribution in [2.24, 2.45) is 11.8 Å². The molecule has 3 atom stereocenters. The largest absolute Gasteiger partial charge is 0.458 e. The number of anilines is 1. The number of hydrogen-bond donors (Lipinski definition) is 7. The zero-order valence-corrected chi connectivity index (χ0v) is 42.3. The van der Waals surface area contributed by atoms with Crippen molar-refractivity contribution in [1.29, 1.82) is 0 Å². The quantitative estimate of drug-likeness (QED) is 0.0221. The van der Waals surface area contributed by atoms with E-state index in [1.165, 1.54) is 21.6 Å². The van der Waals surface area contributed by atoms with E-state index >= 15 is 4.39 Å². The van der Waals surface area contributed by atoms with Gasteiger partial charge in [-0.3, -0.25) is 43.3 Å². The molecule has 1 saturated heterocycles. The Labute approximate surface area is 435 Å². The van der Waals surface area contributed by atoms with Gasteiger partial charge < -0.3 is 60.3 Å². The predicted molar refractivity (Wildman–Crippen MR) is 267 cm³/mol. The number of imide groups is 1. The summed E-state index contributed by atoms with van der Waals surface area (Å²) >= 11 is 0. The molecule has 3 aliphatic rings. The maximum Gasteiger partial charge on any atom is 0.343 e. The monoisotopic (exact) mass is 1060 g/mol. The Morgan fingerprint density at radius 1 is 0.855 bits per heavy atom. The normalized spacial score (nSPS) is 17.0. The van der Waals surface area contributed by atoms with Crippen molar-refractivity contribution >= 4 is 63.9 Å². The van der Waals surface area contributed by atoms with E-state index in [4.69, 9.17) is 18.9 Å². The molecule has 7 amide bonds. The van der Waals surface area contributed by atoms with E-state index in [0.29, 0.717) is 11.1 Å². The van der Waals surface area contributed by atoms with Crippen molar-refractivity contribution in [3.63, 3.8) is 0 Å². The van der Waals surface area contributed by atoms with Gasteiger partial charge in [-0.15, -0.1) is 0 Å². The summed E-state index contributed by atoms with van der Waals surface area (Å²) in [5.41, 5.74) is -0.783. The molecular formula is C52H61FN8O15. The first kappa shape index (κ1) is 56.2. The second-order valence-electron chi connectivity index (χ2n) is 18.7. The molecule has 3 aliphatic heterocycles. The second-order valence-corrected chi connectivity index (χ2v) is 18.7. The number of carbonyl (C=O) groups is 8. The molecule has 406 valence electrons. The number of hydrogen-bond acceptors (Lipinski definition) is 16. The zero-order valence-electron chi connectivity index (χ0n) is 42.3. The Hall–Kier alpha value is -7.51. The van der Waals surface area contributed by atoms with E-state index in [2.05, 4.69) is 31.6 Å². The summed E-state index contributed by atoms with van der Waals surface area (Å²) in [7, 11) is 0. The summed E-state index contributed by atoms with van der Waals surface area (Å²) in [6.07, 6.45) is 0.0836. The minimum Gasteiger partial charge on any atom is -0.458 e. The number of halogens is 1. The first-order chi connectivity index (χ1) is 36.4. The number of likely N-dealkylation sites (tertiary alicyclic amines) is 1. The van der Waals surface area contributed by atoms with Crippen molar-refractivity contribution < 1.29 is 71.9 Å². The fourth-order valence-electron chi connectivity index (χ4n) is 9.08. The number of aromatic nitrogens is 2. The molecule has 0 radical (unpaired) electrons. The molecule has 7 rings (SSSR count). The Balaban J connectivity index is 0.835. The summed E-state index contributed by atoms with van der Waals surface area (Å²) in [4.78, 5) is 121. The van der Waals surface area contributed by atoms with Crippen LogP contribution in [0, 0.1) is 17.7 Å². The molecular weight excluding hydrogens is 996 g/mol. The minimum atomic E-state index is -2.07. The van der Waals surface area contributed by atoms with E-state index in [1.807, 2.05) is 13.8 Å². The van der Waals surface area contributed by atoms with Gasteiger partial charge in [-0.2, -0.15) is 0 Å². The SMILES string of the molecule is CC[C@@]1(O)C(=O)OCc2c1cc1n(c2=O)Cc2c-1nc1cc(F)c(NC(=O)CNC(=O)[C@H](Cc3ccccc3)NC(=O)CNC(=O)CNC(=O)CCOCCOCCOCCN3C(=O)CC(C(C)C)C3=O)cc1c2CO. The first-order valence-corrected chi connectivity index (χ1v) is 24.9. The molecule has 0 aliphatic carbocycles. The topological polar surface area (TPSA) is 312 Å². The lowest BCUT2D eigenvalue weighted by Gasteiger charge is -2.31. The van der Waals surface area contributed by atoms with Crippen LogP contribution in [0.3, 0.4) is 0 Å². The van der Waals surface area contributed by atoms with E-state index < -0.39 is 84.8 Å². The lowest BCUT2D eigenvalue weighted by Crippen LogP contribution is -2.52. The number of esters is 1. The Morgan fingerprint density at radius 3 is 2.21 bits per heavy atom. The fraction of sp³-hybridized carbons (Fsp3) is 0.462. The number of nitrogens with one attached hydrogen (secondary N) is 5. The number of cyclic esters (lactones) is 1. The van der Waals surface area contributed by atoms with Gasteiger partial charge in [-0.25, -0.2) is 14.2 Å². The van der Waals surface area contributed by atoms with Gasteiger partial charge in [0.25, 0.3) is 5.56 Å². The van der Waals surface area contributed by atoms with Crippen LogP contribution in [0.4, 0.5) is 10.1 Å². The van der Waals surface area contributed by atoms with E-state index in [9.17, 15) is 53.4 Å². The maximum atomic E-state index is 15.7. The van der Waals surface area contributed by atoms with Crippen LogP contribution < -0.4 is 32.1 Å². The number of aliphatic hydroxyl groups is 2. The molecule has 4 aromatic rings. The zero-order chi connectivity index (χ0) is 54.7. The number of pyridine rings is 2. The highest BCUT2D eigenvalue weighted by molar-refractivity contribution is 6.03. The summed E-state index contributed by atoms with van der Waals surface area (Å²) in [5, 5.41) is 34.3. The van der Waals surface area contributed by atoms with Crippen molar-refractivity contribution in [3.05, 3.63) is 92.5 Å². The number of aliphatic hydroxyl groups excluding tert-OH is 1. The van der Waals surface area contributed by atoms with Gasteiger partial charge in [0.1, 0.15) is 18.5 Å². The Kier molecular flexibility index (Phi) is 18.8. The molecule has 76 heavy (non-hydrogen) atoms. The fourth-order valence-corrected chi connectivity index (χ4v) is 9.08. The predicted octanol–water partition coefficient (Wildman–Crippen LogP) is 0.197. The lowest BCUT2D eigenvalue weighted by molar-refractivity contribution is -0.172. The molecule has 7 N–H and O–H groups in total. The van der Waals surface area contributed by atoms with Crippen LogP contribution in [0.5, 0.6) is 0 Å². The molecule has 0 saturated carbocycles. The highest BCUT2D eigenvalue weighted by Crippen LogP contribution is 2.41. The maximum absolute atomic E-state index is 15.7. The molecule has 2 aromatic carbocycles. The van der Waals surface area contributed by atoms with Crippen LogP contribution in [-0.4, -0.2) is 144 Å². The van der Waals surface area contributed by atoms with Crippen LogP contribution in [-0.2, 0) is 89.1 Å². The van der Waals surface area contributed by atoms with Gasteiger partial charge in [-0.05, 0) is 35.6 Å². The van der Waals surface area contributed by atoms with E-state index in [0.717, 1.165) is 6.07 Å². The van der Waals surface area contributed by atoms with Crippen molar-refractivity contribution in [1.82, 2.24) is 35.7 Å². The molecule has 1 unspecified atom stereocenters.